The Hall–Kier alpha value is -1.34. The van der Waals surface area contributed by atoms with Gasteiger partial charge in [0.1, 0.15) is 30.5 Å². The second-order valence-electron chi connectivity index (χ2n) is 7.56. The third-order valence-electron chi connectivity index (χ3n) is 5.04. The van der Waals surface area contributed by atoms with Crippen LogP contribution in [0.1, 0.15) is 12.6 Å². The first kappa shape index (κ1) is 28.2. The van der Waals surface area contributed by atoms with Crippen LogP contribution < -0.4 is 11.2 Å². The monoisotopic (exact) mass is 550 g/mol. The molecule has 10 atom stereocenters. The normalized spacial score (nSPS) is 37.0. The molecule has 2 fully saturated rings. The zero-order chi connectivity index (χ0) is 26.1. The smallest absolute Gasteiger partial charge is 0.394 e. The number of phosphoric acid groups is 2. The molecule has 0 amide bonds. The van der Waals surface area contributed by atoms with E-state index in [-0.39, 0.29) is 0 Å². The fraction of sp³-hybridized carbons (Fsp3) is 0.733. The molecule has 35 heavy (non-hydrogen) atoms. The van der Waals surface area contributed by atoms with Gasteiger partial charge in [-0.25, -0.2) is 13.9 Å². The van der Waals surface area contributed by atoms with E-state index in [1.54, 1.807) is 0 Å². The molecule has 200 valence electrons. The minimum Gasteiger partial charge on any atom is -0.394 e. The van der Waals surface area contributed by atoms with E-state index in [1.807, 2.05) is 4.98 Å². The Balaban J connectivity index is 1.59. The summed E-state index contributed by atoms with van der Waals surface area (Å²) in [6, 6.07) is 0.945. The Labute approximate surface area is 195 Å². The number of ether oxygens (including phenoxy) is 2. The van der Waals surface area contributed by atoms with Crippen molar-refractivity contribution < 1.29 is 67.3 Å². The number of nitrogens with zero attached hydrogens (tertiary/aromatic N) is 1. The number of nitrogens with one attached hydrogen (secondary N) is 1. The Morgan fingerprint density at radius 2 is 1.71 bits per heavy atom. The molecule has 3 heterocycles. The molecular formula is C15H24N2O16P2. The predicted molar refractivity (Wildman–Crippen MR) is 107 cm³/mol. The maximum absolute atomic E-state index is 12.1. The number of H-pyrrole nitrogens is 1. The van der Waals surface area contributed by atoms with Crippen LogP contribution in [0.5, 0.6) is 0 Å². The van der Waals surface area contributed by atoms with Gasteiger partial charge in [0.2, 0.25) is 0 Å². The van der Waals surface area contributed by atoms with Gasteiger partial charge in [-0.3, -0.25) is 23.4 Å². The van der Waals surface area contributed by atoms with Crippen LogP contribution in [0.4, 0.5) is 0 Å². The molecule has 1 aromatic rings. The summed E-state index contributed by atoms with van der Waals surface area (Å²) in [5.74, 6) is 0. The molecule has 0 radical (unpaired) electrons. The van der Waals surface area contributed by atoms with Crippen molar-refractivity contribution in [2.75, 3.05) is 13.2 Å². The Morgan fingerprint density at radius 1 is 1.03 bits per heavy atom. The van der Waals surface area contributed by atoms with E-state index < -0.39 is 95.7 Å². The highest BCUT2D eigenvalue weighted by Gasteiger charge is 2.47. The number of hydrogen-bond donors (Lipinski definition) is 8. The number of phosphoric ester groups is 2. The summed E-state index contributed by atoms with van der Waals surface area (Å²) in [6.45, 7) is -1.75. The zero-order valence-corrected chi connectivity index (χ0v) is 19.3. The molecule has 0 aromatic carbocycles. The molecule has 1 aromatic heterocycles. The molecule has 2 saturated heterocycles. The largest absolute Gasteiger partial charge is 0.483 e. The predicted octanol–water partition coefficient (Wildman–Crippen LogP) is -3.76. The summed E-state index contributed by atoms with van der Waals surface area (Å²) in [6.07, 6.45) is -12.2. The van der Waals surface area contributed by atoms with Crippen LogP contribution in [0.3, 0.4) is 0 Å². The van der Waals surface area contributed by atoms with Gasteiger partial charge in [0.05, 0.1) is 19.3 Å². The van der Waals surface area contributed by atoms with E-state index in [2.05, 4.69) is 13.4 Å². The fourth-order valence-corrected chi connectivity index (χ4v) is 5.50. The Kier molecular flexibility index (Phi) is 8.84. The molecule has 18 nitrogen and oxygen atoms in total. The lowest BCUT2D eigenvalue weighted by atomic mass is 10.0. The van der Waals surface area contributed by atoms with Crippen LogP contribution in [0, 0.1) is 0 Å². The summed E-state index contributed by atoms with van der Waals surface area (Å²) in [4.78, 5) is 44.5. The fourth-order valence-electron chi connectivity index (χ4n) is 3.35. The maximum atomic E-state index is 12.1. The second kappa shape index (κ2) is 11.0. The molecule has 0 aliphatic carbocycles. The van der Waals surface area contributed by atoms with Gasteiger partial charge in [-0.15, -0.1) is 0 Å². The molecule has 8 N–H and O–H groups in total. The maximum Gasteiger partial charge on any atom is 0.483 e. The van der Waals surface area contributed by atoms with Crippen molar-refractivity contribution in [3.05, 3.63) is 33.1 Å². The molecule has 0 bridgehead atoms. The highest BCUT2D eigenvalue weighted by Crippen LogP contribution is 2.61. The van der Waals surface area contributed by atoms with Gasteiger partial charge in [0.25, 0.3) is 5.56 Å². The van der Waals surface area contributed by atoms with Gasteiger partial charge in [-0.05, 0) is 0 Å². The minimum absolute atomic E-state index is 0.548. The summed E-state index contributed by atoms with van der Waals surface area (Å²) >= 11 is 0. The quantitative estimate of drug-likeness (QED) is 0.137. The molecule has 20 heteroatoms. The third kappa shape index (κ3) is 6.91. The average molecular weight is 550 g/mol. The number of rotatable bonds is 9. The summed E-state index contributed by atoms with van der Waals surface area (Å²) in [5, 5.41) is 48.7. The lowest BCUT2D eigenvalue weighted by molar-refractivity contribution is -0.233. The van der Waals surface area contributed by atoms with E-state index in [9.17, 15) is 48.9 Å². The molecule has 0 spiro atoms. The number of aliphatic hydroxyl groups is 5. The van der Waals surface area contributed by atoms with Gasteiger partial charge < -0.3 is 44.8 Å². The van der Waals surface area contributed by atoms with Crippen molar-refractivity contribution >= 4 is 15.6 Å². The van der Waals surface area contributed by atoms with Gasteiger partial charge in [0, 0.05) is 18.7 Å². The second-order valence-corrected chi connectivity index (χ2v) is 10.6. The van der Waals surface area contributed by atoms with E-state index in [0.29, 0.717) is 0 Å². The van der Waals surface area contributed by atoms with Crippen LogP contribution in [0.15, 0.2) is 21.9 Å². The lowest BCUT2D eigenvalue weighted by Crippen LogP contribution is -2.50. The lowest BCUT2D eigenvalue weighted by Gasteiger charge is -2.36. The van der Waals surface area contributed by atoms with Crippen LogP contribution in [-0.2, 0) is 32.0 Å². The minimum atomic E-state index is -5.40. The standard InChI is InChI=1S/C15H24N2O16P2/c18-4-7-11(21)6(19)3-10(30-7)32-35(27,28)33-34(25,26)29-5-8-12(22)13(23)14(31-8)17-2-1-9(20)16-15(17)24/h1-2,6-8,10-14,18-19,21-23H,3-5H2,(H,25,26)(H,27,28)(H,16,20,24)/t6-,7-,8-,10-,11-,12-,13-,14-/m1/s1. The molecular weight excluding hydrogens is 526 g/mol. The van der Waals surface area contributed by atoms with Gasteiger partial charge >= 0.3 is 21.3 Å². The average Bonchev–Trinajstić information content (AvgIpc) is 3.02. The number of hydrogen-bond acceptors (Lipinski definition) is 14. The molecule has 0 saturated carbocycles. The first-order chi connectivity index (χ1) is 16.2. The molecule has 2 unspecified atom stereocenters. The third-order valence-corrected chi connectivity index (χ3v) is 7.67. The SMILES string of the molecule is O=c1ccn([C@@H]2O[C@H](COP(=O)(O)OP(=O)(O)O[C@@H]3C[C@@H](O)[C@@H](O)[C@@H](CO)O3)[C@@H](O)[C@H]2O)c(=O)[nH]1. The first-order valence-corrected chi connectivity index (χ1v) is 12.9. The van der Waals surface area contributed by atoms with E-state index >= 15 is 0 Å². The van der Waals surface area contributed by atoms with Crippen LogP contribution in [0.2, 0.25) is 0 Å². The Bertz CT molecular complexity index is 1090. The van der Waals surface area contributed by atoms with Crippen molar-refractivity contribution in [3.8, 4) is 0 Å². The van der Waals surface area contributed by atoms with E-state index in [4.69, 9.17) is 14.6 Å². The first-order valence-electron chi connectivity index (χ1n) is 9.88. The molecule has 2 aliphatic heterocycles. The van der Waals surface area contributed by atoms with Crippen LogP contribution >= 0.6 is 15.6 Å². The summed E-state index contributed by atoms with van der Waals surface area (Å²) in [5.41, 5.74) is -1.71. The molecule has 2 aliphatic rings. The highest BCUT2D eigenvalue weighted by molar-refractivity contribution is 7.61. The van der Waals surface area contributed by atoms with Gasteiger partial charge in [0.15, 0.2) is 12.5 Å². The zero-order valence-electron chi connectivity index (χ0n) is 17.5. The van der Waals surface area contributed by atoms with Crippen molar-refractivity contribution in [2.24, 2.45) is 0 Å². The highest BCUT2D eigenvalue weighted by atomic mass is 31.3. The molecule has 3 rings (SSSR count). The van der Waals surface area contributed by atoms with Crippen molar-refractivity contribution in [3.63, 3.8) is 0 Å². The van der Waals surface area contributed by atoms with Crippen molar-refractivity contribution in [1.82, 2.24) is 9.55 Å². The number of aromatic amines is 1. The topological polar surface area (TPSA) is 277 Å². The number of aromatic nitrogens is 2. The van der Waals surface area contributed by atoms with Crippen LogP contribution in [0.25, 0.3) is 0 Å². The van der Waals surface area contributed by atoms with E-state index in [0.717, 1.165) is 16.8 Å². The van der Waals surface area contributed by atoms with Gasteiger partial charge in [-0.2, -0.15) is 4.31 Å². The van der Waals surface area contributed by atoms with Gasteiger partial charge in [-0.1, -0.05) is 0 Å². The van der Waals surface area contributed by atoms with Crippen molar-refractivity contribution in [1.29, 1.82) is 0 Å². The Morgan fingerprint density at radius 3 is 2.34 bits per heavy atom. The summed E-state index contributed by atoms with van der Waals surface area (Å²) in [7, 11) is -10.8. The van der Waals surface area contributed by atoms with Crippen molar-refractivity contribution in [2.45, 2.75) is 55.6 Å². The van der Waals surface area contributed by atoms with Crippen LogP contribution in [-0.4, -0.2) is 101 Å². The number of aliphatic hydroxyl groups excluding tert-OH is 5. The summed E-state index contributed by atoms with van der Waals surface area (Å²) < 4.78 is 48.4. The van der Waals surface area contributed by atoms with E-state index in [1.165, 1.54) is 0 Å².